The van der Waals surface area contributed by atoms with Crippen molar-refractivity contribution in [1.82, 2.24) is 0 Å². The van der Waals surface area contributed by atoms with Crippen LogP contribution in [0, 0.1) is 5.41 Å². The minimum absolute atomic E-state index is 0.113. The molecule has 1 aromatic carbocycles. The molecule has 3 rings (SSSR count). The number of para-hydroxylation sites is 1. The minimum Gasteiger partial charge on any atom is -0.489 e. The summed E-state index contributed by atoms with van der Waals surface area (Å²) in [6.45, 7) is 4.36. The molecule has 0 N–H and O–H groups in total. The van der Waals surface area contributed by atoms with Gasteiger partial charge in [0, 0.05) is 6.42 Å². The molecule has 2 heteroatoms. The second-order valence-corrected chi connectivity index (χ2v) is 6.29. The molecule has 102 valence electrons. The van der Waals surface area contributed by atoms with Crippen molar-refractivity contribution in [3.05, 3.63) is 29.8 Å². The lowest BCUT2D eigenvalue weighted by molar-refractivity contribution is -0.151. The Kier molecular flexibility index (Phi) is 3.12. The van der Waals surface area contributed by atoms with Crippen LogP contribution in [0.2, 0.25) is 0 Å². The summed E-state index contributed by atoms with van der Waals surface area (Å²) in [7, 11) is 0. The molecule has 2 nitrogen and oxygen atoms in total. The summed E-state index contributed by atoms with van der Waals surface area (Å²) in [5.41, 5.74) is 1.11. The summed E-state index contributed by atoms with van der Waals surface area (Å²) >= 11 is 0. The highest BCUT2D eigenvalue weighted by Crippen LogP contribution is 2.52. The fraction of sp³-hybridized carbons (Fsp3) is 0.588. The third kappa shape index (κ3) is 1.98. The van der Waals surface area contributed by atoms with E-state index in [1.165, 1.54) is 18.4 Å². The molecule has 0 aromatic heterocycles. The number of ketones is 1. The number of Topliss-reactive ketones (excluding diaryl/α,β-unsaturated/α-hetero) is 1. The second kappa shape index (κ2) is 4.66. The lowest BCUT2D eigenvalue weighted by Gasteiger charge is -2.45. The molecular formula is C17H22O2. The van der Waals surface area contributed by atoms with Crippen LogP contribution in [0.3, 0.4) is 0 Å². The van der Waals surface area contributed by atoms with E-state index in [-0.39, 0.29) is 11.5 Å². The molecule has 0 saturated heterocycles. The predicted octanol–water partition coefficient (Wildman–Crippen LogP) is 4.09. The summed E-state index contributed by atoms with van der Waals surface area (Å²) in [5.74, 6) is 1.85. The lowest BCUT2D eigenvalue weighted by atomic mass is 9.63. The Morgan fingerprint density at radius 3 is 2.53 bits per heavy atom. The van der Waals surface area contributed by atoms with Crippen molar-refractivity contribution in [2.24, 2.45) is 5.41 Å². The van der Waals surface area contributed by atoms with Gasteiger partial charge in [-0.05, 0) is 30.4 Å². The Labute approximate surface area is 115 Å². The van der Waals surface area contributed by atoms with Gasteiger partial charge in [-0.25, -0.2) is 0 Å². The van der Waals surface area contributed by atoms with E-state index in [0.29, 0.717) is 18.1 Å². The molecule has 0 radical (unpaired) electrons. The fourth-order valence-corrected chi connectivity index (χ4v) is 3.59. The molecule has 2 aliphatic carbocycles. The molecule has 0 bridgehead atoms. The molecule has 1 aromatic rings. The van der Waals surface area contributed by atoms with Gasteiger partial charge in [-0.1, -0.05) is 44.9 Å². The zero-order valence-corrected chi connectivity index (χ0v) is 11.8. The van der Waals surface area contributed by atoms with E-state index in [1.807, 2.05) is 12.1 Å². The van der Waals surface area contributed by atoms with E-state index in [2.05, 4.69) is 26.0 Å². The largest absolute Gasteiger partial charge is 0.489 e. The average molecular weight is 258 g/mol. The summed E-state index contributed by atoms with van der Waals surface area (Å²) in [5, 5.41) is 0. The van der Waals surface area contributed by atoms with Gasteiger partial charge in [-0.15, -0.1) is 0 Å². The molecule has 0 aliphatic heterocycles. The van der Waals surface area contributed by atoms with E-state index in [1.54, 1.807) is 0 Å². The minimum atomic E-state index is -0.135. The third-order valence-electron chi connectivity index (χ3n) is 4.85. The zero-order chi connectivity index (χ0) is 13.5. The van der Waals surface area contributed by atoms with Gasteiger partial charge < -0.3 is 4.74 Å². The molecule has 1 atom stereocenters. The SMILES string of the molecule is CC(C)c1ccccc1OC1CC(=O)C12CCCC2. The van der Waals surface area contributed by atoms with Crippen molar-refractivity contribution in [3.8, 4) is 5.75 Å². The van der Waals surface area contributed by atoms with Gasteiger partial charge in [0.25, 0.3) is 0 Å². The average Bonchev–Trinajstić information content (AvgIpc) is 2.91. The molecule has 2 aliphatic rings. The molecule has 0 heterocycles. The Balaban J connectivity index is 1.81. The Hall–Kier alpha value is -1.31. The molecule has 2 saturated carbocycles. The first-order chi connectivity index (χ1) is 9.13. The van der Waals surface area contributed by atoms with Crippen LogP contribution in [0.15, 0.2) is 24.3 Å². The topological polar surface area (TPSA) is 26.3 Å². The van der Waals surface area contributed by atoms with Crippen LogP contribution >= 0.6 is 0 Å². The van der Waals surface area contributed by atoms with Crippen LogP contribution in [0.1, 0.15) is 57.4 Å². The van der Waals surface area contributed by atoms with Gasteiger partial charge in [0.15, 0.2) is 0 Å². The Morgan fingerprint density at radius 1 is 1.21 bits per heavy atom. The number of ether oxygens (including phenoxy) is 1. The first-order valence-electron chi connectivity index (χ1n) is 7.42. The zero-order valence-electron chi connectivity index (χ0n) is 11.8. The number of benzene rings is 1. The van der Waals surface area contributed by atoms with Gasteiger partial charge in [-0.3, -0.25) is 4.79 Å². The molecule has 1 unspecified atom stereocenters. The van der Waals surface area contributed by atoms with Crippen LogP contribution < -0.4 is 4.74 Å². The first-order valence-corrected chi connectivity index (χ1v) is 7.42. The van der Waals surface area contributed by atoms with Gasteiger partial charge in [0.1, 0.15) is 17.6 Å². The maximum absolute atomic E-state index is 12.0. The number of carbonyl (C=O) groups is 1. The quantitative estimate of drug-likeness (QED) is 0.816. The monoisotopic (exact) mass is 258 g/mol. The second-order valence-electron chi connectivity index (χ2n) is 6.29. The van der Waals surface area contributed by atoms with Crippen molar-refractivity contribution >= 4 is 5.78 Å². The van der Waals surface area contributed by atoms with Crippen molar-refractivity contribution in [2.75, 3.05) is 0 Å². The molecule has 0 amide bonds. The highest BCUT2D eigenvalue weighted by Gasteiger charge is 2.57. The maximum Gasteiger partial charge on any atom is 0.146 e. The first kappa shape index (κ1) is 12.7. The van der Waals surface area contributed by atoms with E-state index in [4.69, 9.17) is 4.74 Å². The highest BCUT2D eigenvalue weighted by atomic mass is 16.5. The molecule has 19 heavy (non-hydrogen) atoms. The van der Waals surface area contributed by atoms with Gasteiger partial charge in [-0.2, -0.15) is 0 Å². The summed E-state index contributed by atoms with van der Waals surface area (Å²) in [4.78, 5) is 12.0. The summed E-state index contributed by atoms with van der Waals surface area (Å²) in [6.07, 6.45) is 5.13. The molecular weight excluding hydrogens is 236 g/mol. The Bertz CT molecular complexity index is 484. The van der Waals surface area contributed by atoms with Gasteiger partial charge in [0.05, 0.1) is 5.41 Å². The van der Waals surface area contributed by atoms with Gasteiger partial charge in [0.2, 0.25) is 0 Å². The molecule has 1 spiro atoms. The normalized spacial score (nSPS) is 24.8. The number of hydrogen-bond acceptors (Lipinski definition) is 2. The van der Waals surface area contributed by atoms with Crippen LogP contribution in [0.25, 0.3) is 0 Å². The smallest absolute Gasteiger partial charge is 0.146 e. The summed E-state index contributed by atoms with van der Waals surface area (Å²) in [6, 6.07) is 8.24. The third-order valence-corrected chi connectivity index (χ3v) is 4.85. The van der Waals surface area contributed by atoms with Crippen molar-refractivity contribution in [1.29, 1.82) is 0 Å². The van der Waals surface area contributed by atoms with E-state index in [0.717, 1.165) is 18.6 Å². The van der Waals surface area contributed by atoms with E-state index < -0.39 is 0 Å². The number of rotatable bonds is 3. The standard InChI is InChI=1S/C17H22O2/c1-12(2)13-7-3-4-8-14(13)19-16-11-15(18)17(16)9-5-6-10-17/h3-4,7-8,12,16H,5-6,9-11H2,1-2H3. The predicted molar refractivity (Wildman–Crippen MR) is 75.5 cm³/mol. The van der Waals surface area contributed by atoms with Crippen molar-refractivity contribution in [2.45, 2.75) is 58.0 Å². The highest BCUT2D eigenvalue weighted by molar-refractivity contribution is 5.92. The van der Waals surface area contributed by atoms with Crippen molar-refractivity contribution < 1.29 is 9.53 Å². The molecule has 2 fully saturated rings. The lowest BCUT2D eigenvalue weighted by Crippen LogP contribution is -2.55. The van der Waals surface area contributed by atoms with Crippen LogP contribution in [-0.2, 0) is 4.79 Å². The van der Waals surface area contributed by atoms with Gasteiger partial charge >= 0.3 is 0 Å². The van der Waals surface area contributed by atoms with E-state index in [9.17, 15) is 4.79 Å². The number of carbonyl (C=O) groups excluding carboxylic acids is 1. The summed E-state index contributed by atoms with van der Waals surface area (Å²) < 4.78 is 6.23. The van der Waals surface area contributed by atoms with Crippen LogP contribution in [-0.4, -0.2) is 11.9 Å². The number of hydrogen-bond donors (Lipinski definition) is 0. The van der Waals surface area contributed by atoms with E-state index >= 15 is 0 Å². The maximum atomic E-state index is 12.0. The fourth-order valence-electron chi connectivity index (χ4n) is 3.59. The Morgan fingerprint density at radius 2 is 1.89 bits per heavy atom. The van der Waals surface area contributed by atoms with Crippen LogP contribution in [0.5, 0.6) is 5.75 Å². The van der Waals surface area contributed by atoms with Crippen molar-refractivity contribution in [3.63, 3.8) is 0 Å². The van der Waals surface area contributed by atoms with Crippen LogP contribution in [0.4, 0.5) is 0 Å².